The van der Waals surface area contributed by atoms with Gasteiger partial charge in [0, 0.05) is 25.2 Å². The quantitative estimate of drug-likeness (QED) is 0.813. The van der Waals surface area contributed by atoms with Crippen molar-refractivity contribution in [1.29, 1.82) is 0 Å². The first-order chi connectivity index (χ1) is 11.7. The summed E-state index contributed by atoms with van der Waals surface area (Å²) in [5, 5.41) is 0. The molecule has 2 aliphatic rings. The molecule has 0 fully saturated rings. The summed E-state index contributed by atoms with van der Waals surface area (Å²) in [5.41, 5.74) is 2.71. The van der Waals surface area contributed by atoms with E-state index in [9.17, 15) is 14.4 Å². The van der Waals surface area contributed by atoms with Gasteiger partial charge in [0.25, 0.3) is 17.7 Å². The second-order valence-electron chi connectivity index (χ2n) is 6.04. The molecule has 5 nitrogen and oxygen atoms in total. The molecule has 2 aliphatic heterocycles. The van der Waals surface area contributed by atoms with E-state index in [2.05, 4.69) is 0 Å². The maximum atomic E-state index is 12.3. The molecular weight excluding hydrogens is 304 g/mol. The van der Waals surface area contributed by atoms with Crippen molar-refractivity contribution in [3.8, 4) is 0 Å². The number of carbonyl (C=O) groups excluding carboxylic acids is 3. The van der Waals surface area contributed by atoms with Gasteiger partial charge in [-0.05, 0) is 30.2 Å². The van der Waals surface area contributed by atoms with Crippen LogP contribution in [0.2, 0.25) is 0 Å². The van der Waals surface area contributed by atoms with Crippen LogP contribution in [0.4, 0.5) is 0 Å². The number of fused-ring (bicyclic) bond motifs is 2. The zero-order chi connectivity index (χ0) is 16.7. The first-order valence-corrected chi connectivity index (χ1v) is 7.99. The van der Waals surface area contributed by atoms with E-state index in [1.54, 1.807) is 29.2 Å². The monoisotopic (exact) mass is 320 g/mol. The minimum Gasteiger partial charge on any atom is -0.334 e. The summed E-state index contributed by atoms with van der Waals surface area (Å²) >= 11 is 0. The Bertz CT molecular complexity index is 824. The Balaban J connectivity index is 1.39. The maximum absolute atomic E-state index is 12.3. The number of hydrogen-bond donors (Lipinski definition) is 0. The van der Waals surface area contributed by atoms with Gasteiger partial charge in [-0.2, -0.15) is 0 Å². The summed E-state index contributed by atoms with van der Waals surface area (Å²) in [6.45, 7) is 1.45. The van der Waals surface area contributed by atoms with E-state index in [1.807, 2.05) is 24.3 Å². The Morgan fingerprint density at radius 2 is 1.29 bits per heavy atom. The van der Waals surface area contributed by atoms with Crippen LogP contribution in [0.1, 0.15) is 43.1 Å². The SMILES string of the molecule is O=C1c2ccccc2CN1CCCN1C(=O)c2ccccc2C1=O. The highest BCUT2D eigenvalue weighted by atomic mass is 16.2. The number of hydrogen-bond acceptors (Lipinski definition) is 3. The zero-order valence-corrected chi connectivity index (χ0v) is 13.1. The van der Waals surface area contributed by atoms with Crippen molar-refractivity contribution < 1.29 is 14.4 Å². The Labute approximate surface area is 139 Å². The molecule has 2 aromatic carbocycles. The van der Waals surface area contributed by atoms with Gasteiger partial charge in [0.2, 0.25) is 0 Å². The van der Waals surface area contributed by atoms with Crippen molar-refractivity contribution in [2.75, 3.05) is 13.1 Å². The molecule has 0 bridgehead atoms. The van der Waals surface area contributed by atoms with Gasteiger partial charge in [-0.3, -0.25) is 19.3 Å². The molecule has 0 N–H and O–H groups in total. The Morgan fingerprint density at radius 3 is 1.92 bits per heavy atom. The van der Waals surface area contributed by atoms with E-state index < -0.39 is 0 Å². The average molecular weight is 320 g/mol. The lowest BCUT2D eigenvalue weighted by atomic mass is 10.1. The zero-order valence-electron chi connectivity index (χ0n) is 13.1. The van der Waals surface area contributed by atoms with Crippen molar-refractivity contribution in [2.24, 2.45) is 0 Å². The summed E-state index contributed by atoms with van der Waals surface area (Å²) in [6, 6.07) is 14.4. The average Bonchev–Trinajstić information content (AvgIpc) is 3.05. The van der Waals surface area contributed by atoms with E-state index in [-0.39, 0.29) is 17.7 Å². The molecule has 0 saturated carbocycles. The van der Waals surface area contributed by atoms with Crippen molar-refractivity contribution >= 4 is 17.7 Å². The molecule has 0 saturated heterocycles. The molecule has 2 aromatic rings. The fraction of sp³-hybridized carbons (Fsp3) is 0.211. The van der Waals surface area contributed by atoms with Crippen LogP contribution in [-0.2, 0) is 6.54 Å². The molecule has 2 heterocycles. The van der Waals surface area contributed by atoms with E-state index >= 15 is 0 Å². The van der Waals surface area contributed by atoms with Crippen LogP contribution in [-0.4, -0.2) is 40.6 Å². The van der Waals surface area contributed by atoms with Gasteiger partial charge in [-0.1, -0.05) is 30.3 Å². The summed E-state index contributed by atoms with van der Waals surface area (Å²) < 4.78 is 0. The minimum absolute atomic E-state index is 0.0213. The summed E-state index contributed by atoms with van der Waals surface area (Å²) in [7, 11) is 0. The summed E-state index contributed by atoms with van der Waals surface area (Å²) in [4.78, 5) is 40.0. The molecule has 24 heavy (non-hydrogen) atoms. The Kier molecular flexibility index (Phi) is 3.41. The van der Waals surface area contributed by atoms with Crippen molar-refractivity contribution in [3.05, 3.63) is 70.8 Å². The number of benzene rings is 2. The third kappa shape index (κ3) is 2.21. The second-order valence-corrected chi connectivity index (χ2v) is 6.04. The van der Waals surface area contributed by atoms with Crippen molar-refractivity contribution in [1.82, 2.24) is 9.80 Å². The van der Waals surface area contributed by atoms with Crippen LogP contribution in [0.3, 0.4) is 0 Å². The molecule has 3 amide bonds. The van der Waals surface area contributed by atoms with Gasteiger partial charge in [0.1, 0.15) is 0 Å². The number of rotatable bonds is 4. The first-order valence-electron chi connectivity index (χ1n) is 7.99. The predicted molar refractivity (Wildman–Crippen MR) is 87.6 cm³/mol. The number of carbonyl (C=O) groups is 3. The Morgan fingerprint density at radius 1 is 0.708 bits per heavy atom. The van der Waals surface area contributed by atoms with Gasteiger partial charge in [-0.15, -0.1) is 0 Å². The standard InChI is InChI=1S/C19H16N2O3/c22-17-14-7-2-1-6-13(14)12-20(17)10-5-11-21-18(23)15-8-3-4-9-16(15)19(21)24/h1-4,6-9H,5,10-12H2. The molecule has 0 radical (unpaired) electrons. The Hall–Kier alpha value is -2.95. The van der Waals surface area contributed by atoms with Crippen LogP contribution in [0.5, 0.6) is 0 Å². The smallest absolute Gasteiger partial charge is 0.261 e. The van der Waals surface area contributed by atoms with E-state index in [0.29, 0.717) is 37.2 Å². The second kappa shape index (κ2) is 5.60. The highest BCUT2D eigenvalue weighted by Crippen LogP contribution is 2.24. The molecule has 0 spiro atoms. The molecule has 0 unspecified atom stereocenters. The minimum atomic E-state index is -0.244. The van der Waals surface area contributed by atoms with Crippen LogP contribution in [0.25, 0.3) is 0 Å². The largest absolute Gasteiger partial charge is 0.334 e. The number of imide groups is 1. The fourth-order valence-electron chi connectivity index (χ4n) is 3.36. The lowest BCUT2D eigenvalue weighted by Gasteiger charge is -2.18. The molecule has 0 atom stereocenters. The summed E-state index contributed by atoms with van der Waals surface area (Å²) in [5.74, 6) is -0.466. The van der Waals surface area contributed by atoms with E-state index in [0.717, 1.165) is 11.1 Å². The third-order valence-electron chi connectivity index (χ3n) is 4.58. The highest BCUT2D eigenvalue weighted by Gasteiger charge is 2.35. The van der Waals surface area contributed by atoms with Gasteiger partial charge in [0.15, 0.2) is 0 Å². The van der Waals surface area contributed by atoms with Gasteiger partial charge >= 0.3 is 0 Å². The van der Waals surface area contributed by atoms with Crippen LogP contribution in [0, 0.1) is 0 Å². The van der Waals surface area contributed by atoms with Crippen molar-refractivity contribution in [3.63, 3.8) is 0 Å². The fourth-order valence-corrected chi connectivity index (χ4v) is 3.36. The topological polar surface area (TPSA) is 57.7 Å². The van der Waals surface area contributed by atoms with Crippen LogP contribution in [0.15, 0.2) is 48.5 Å². The molecule has 0 aromatic heterocycles. The normalized spacial score (nSPS) is 15.9. The van der Waals surface area contributed by atoms with Gasteiger partial charge < -0.3 is 4.90 Å². The lowest BCUT2D eigenvalue weighted by Crippen LogP contribution is -2.33. The van der Waals surface area contributed by atoms with Crippen LogP contribution >= 0.6 is 0 Å². The van der Waals surface area contributed by atoms with E-state index in [1.165, 1.54) is 4.90 Å². The maximum Gasteiger partial charge on any atom is 0.261 e. The number of nitrogens with zero attached hydrogens (tertiary/aromatic N) is 2. The first kappa shape index (κ1) is 14.6. The molecular formula is C19H16N2O3. The van der Waals surface area contributed by atoms with Gasteiger partial charge in [-0.25, -0.2) is 0 Å². The predicted octanol–water partition coefficient (Wildman–Crippen LogP) is 2.33. The summed E-state index contributed by atoms with van der Waals surface area (Å²) in [6.07, 6.45) is 0.575. The third-order valence-corrected chi connectivity index (χ3v) is 4.58. The number of amides is 3. The lowest BCUT2D eigenvalue weighted by molar-refractivity contribution is 0.0644. The van der Waals surface area contributed by atoms with Gasteiger partial charge in [0.05, 0.1) is 11.1 Å². The molecule has 5 heteroatoms. The molecule has 0 aliphatic carbocycles. The molecule has 120 valence electrons. The van der Waals surface area contributed by atoms with Crippen LogP contribution < -0.4 is 0 Å². The van der Waals surface area contributed by atoms with E-state index in [4.69, 9.17) is 0 Å². The highest BCUT2D eigenvalue weighted by molar-refractivity contribution is 6.21. The van der Waals surface area contributed by atoms with Crippen molar-refractivity contribution in [2.45, 2.75) is 13.0 Å². The molecule has 4 rings (SSSR count).